The highest BCUT2D eigenvalue weighted by molar-refractivity contribution is 5.87. The van der Waals surface area contributed by atoms with Crippen LogP contribution in [0, 0.1) is 40.4 Å². The Hall–Kier alpha value is -0.900. The van der Waals surface area contributed by atoms with Crippen LogP contribution in [0.4, 0.5) is 0 Å². The number of Topliss-reactive ketones (excluding diaryl/α,β-unsaturated/α-hetero) is 1. The lowest BCUT2D eigenvalue weighted by molar-refractivity contribution is -0.168. The predicted octanol–water partition coefficient (Wildman–Crippen LogP) is 4.10. The zero-order valence-corrected chi connectivity index (χ0v) is 17.3. The summed E-state index contributed by atoms with van der Waals surface area (Å²) in [5.41, 5.74) is 5.79. The highest BCUT2D eigenvalue weighted by atomic mass is 16.5. The molecule has 0 saturated heterocycles. The zero-order valence-electron chi connectivity index (χ0n) is 17.3. The Bertz CT molecular complexity index is 619. The second kappa shape index (κ2) is 6.86. The molecule has 0 heterocycles. The molecule has 4 saturated carbocycles. The van der Waals surface area contributed by atoms with Crippen LogP contribution in [0.1, 0.15) is 78.6 Å². The average molecular weight is 376 g/mol. The van der Waals surface area contributed by atoms with Crippen LogP contribution < -0.4 is 5.73 Å². The van der Waals surface area contributed by atoms with Gasteiger partial charge in [-0.3, -0.25) is 9.59 Å². The topological polar surface area (TPSA) is 69.4 Å². The molecule has 2 N–H and O–H groups in total. The number of rotatable bonds is 3. The van der Waals surface area contributed by atoms with Crippen molar-refractivity contribution in [2.24, 2.45) is 46.2 Å². The van der Waals surface area contributed by atoms with Crippen molar-refractivity contribution in [3.63, 3.8) is 0 Å². The molecule has 0 spiro atoms. The Morgan fingerprint density at radius 2 is 1.93 bits per heavy atom. The molecule has 27 heavy (non-hydrogen) atoms. The van der Waals surface area contributed by atoms with Crippen LogP contribution in [0.2, 0.25) is 0 Å². The Labute approximate surface area is 164 Å². The molecule has 4 fully saturated rings. The Morgan fingerprint density at radius 1 is 1.15 bits per heavy atom. The molecule has 4 heteroatoms. The first kappa shape index (κ1) is 19.4. The van der Waals surface area contributed by atoms with Crippen LogP contribution in [-0.4, -0.2) is 24.4 Å². The minimum atomic E-state index is -0.134. The quantitative estimate of drug-likeness (QED) is 0.754. The first-order valence-electron chi connectivity index (χ1n) is 11.2. The van der Waals surface area contributed by atoms with Gasteiger partial charge in [0.1, 0.15) is 11.9 Å². The van der Waals surface area contributed by atoms with Crippen LogP contribution in [-0.2, 0) is 14.3 Å². The van der Waals surface area contributed by atoms with E-state index in [9.17, 15) is 9.59 Å². The fourth-order valence-electron chi connectivity index (χ4n) is 7.84. The summed E-state index contributed by atoms with van der Waals surface area (Å²) in [5.74, 6) is 3.73. The Morgan fingerprint density at radius 3 is 2.67 bits per heavy atom. The Balaban J connectivity index is 1.52. The van der Waals surface area contributed by atoms with E-state index in [0.717, 1.165) is 44.4 Å². The molecule has 0 aromatic rings. The van der Waals surface area contributed by atoms with Gasteiger partial charge in [0, 0.05) is 18.4 Å². The summed E-state index contributed by atoms with van der Waals surface area (Å²) in [7, 11) is 0. The minimum absolute atomic E-state index is 0.0480. The van der Waals surface area contributed by atoms with Gasteiger partial charge in [-0.15, -0.1) is 0 Å². The van der Waals surface area contributed by atoms with Crippen molar-refractivity contribution in [2.75, 3.05) is 6.54 Å². The van der Waals surface area contributed by atoms with E-state index in [4.69, 9.17) is 10.5 Å². The summed E-state index contributed by atoms with van der Waals surface area (Å²) in [5, 5.41) is 0. The average Bonchev–Trinajstić information content (AvgIpc) is 2.92. The second-order valence-electron chi connectivity index (χ2n) is 10.5. The van der Waals surface area contributed by atoms with E-state index in [1.807, 2.05) is 0 Å². The van der Waals surface area contributed by atoms with E-state index < -0.39 is 0 Å². The van der Waals surface area contributed by atoms with Crippen LogP contribution in [0.25, 0.3) is 0 Å². The largest absolute Gasteiger partial charge is 0.462 e. The molecule has 4 rings (SSSR count). The lowest BCUT2D eigenvalue weighted by Crippen LogP contribution is -2.56. The third-order valence-electron chi connectivity index (χ3n) is 9.33. The zero-order chi connectivity index (χ0) is 19.4. The fourth-order valence-corrected chi connectivity index (χ4v) is 7.84. The van der Waals surface area contributed by atoms with Crippen LogP contribution >= 0.6 is 0 Å². The molecule has 3 unspecified atom stereocenters. The smallest absolute Gasteiger partial charge is 0.307 e. The molecule has 0 aromatic heterocycles. The summed E-state index contributed by atoms with van der Waals surface area (Å²) in [6, 6.07) is 0. The molecule has 0 aromatic carbocycles. The second-order valence-corrected chi connectivity index (χ2v) is 10.5. The van der Waals surface area contributed by atoms with Crippen molar-refractivity contribution in [3.8, 4) is 0 Å². The highest BCUT2D eigenvalue weighted by Crippen LogP contribution is 2.66. The van der Waals surface area contributed by atoms with Crippen molar-refractivity contribution in [2.45, 2.75) is 84.7 Å². The van der Waals surface area contributed by atoms with E-state index in [-0.39, 0.29) is 17.5 Å². The van der Waals surface area contributed by atoms with Gasteiger partial charge in [0.2, 0.25) is 0 Å². The molecular weight excluding hydrogens is 338 g/mol. The lowest BCUT2D eigenvalue weighted by Gasteiger charge is -2.62. The van der Waals surface area contributed by atoms with Gasteiger partial charge in [0.25, 0.3) is 0 Å². The maximum atomic E-state index is 12.6. The van der Waals surface area contributed by atoms with Crippen molar-refractivity contribution < 1.29 is 14.3 Å². The van der Waals surface area contributed by atoms with Crippen LogP contribution in [0.5, 0.6) is 0 Å². The van der Waals surface area contributed by atoms with Gasteiger partial charge in [-0.05, 0) is 80.0 Å². The van der Waals surface area contributed by atoms with E-state index in [1.165, 1.54) is 12.8 Å². The first-order chi connectivity index (χ1) is 12.8. The summed E-state index contributed by atoms with van der Waals surface area (Å²) in [4.78, 5) is 24.5. The highest BCUT2D eigenvalue weighted by Gasteiger charge is 2.62. The van der Waals surface area contributed by atoms with E-state index in [0.29, 0.717) is 47.8 Å². The maximum absolute atomic E-state index is 12.6. The maximum Gasteiger partial charge on any atom is 0.307 e. The van der Waals surface area contributed by atoms with Gasteiger partial charge in [-0.1, -0.05) is 20.8 Å². The summed E-state index contributed by atoms with van der Waals surface area (Å²) >= 11 is 0. The number of carbonyl (C=O) groups excluding carboxylic acids is 2. The molecule has 4 aliphatic carbocycles. The number of ether oxygens (including phenoxy) is 1. The molecule has 8 atom stereocenters. The SMILES string of the molecule is CC1CC2CC(OC(=O)CCN)CC[C@]2(C)[C@@H]2CC[C@]3(C)C(=O)CC[C@H]3[C@H]12. The first-order valence-corrected chi connectivity index (χ1v) is 11.2. The van der Waals surface area contributed by atoms with Gasteiger partial charge in [0.15, 0.2) is 0 Å². The molecule has 4 nitrogen and oxygen atoms in total. The summed E-state index contributed by atoms with van der Waals surface area (Å²) < 4.78 is 5.73. The Kier molecular flexibility index (Phi) is 4.93. The minimum Gasteiger partial charge on any atom is -0.462 e. The number of hydrogen-bond acceptors (Lipinski definition) is 4. The number of esters is 1. The third-order valence-corrected chi connectivity index (χ3v) is 9.33. The molecule has 0 aliphatic heterocycles. The fraction of sp³-hybridized carbons (Fsp3) is 0.913. The number of hydrogen-bond donors (Lipinski definition) is 1. The molecule has 152 valence electrons. The van der Waals surface area contributed by atoms with Gasteiger partial charge < -0.3 is 10.5 Å². The molecule has 4 aliphatic rings. The number of ketones is 1. The van der Waals surface area contributed by atoms with Gasteiger partial charge in [-0.25, -0.2) is 0 Å². The molecule has 0 radical (unpaired) electrons. The van der Waals surface area contributed by atoms with E-state index in [2.05, 4.69) is 20.8 Å². The monoisotopic (exact) mass is 375 g/mol. The van der Waals surface area contributed by atoms with Gasteiger partial charge in [0.05, 0.1) is 6.42 Å². The number of nitrogens with two attached hydrogens (primary N) is 1. The normalized spacial score (nSPS) is 49.1. The van der Waals surface area contributed by atoms with Gasteiger partial charge in [-0.2, -0.15) is 0 Å². The summed E-state index contributed by atoms with van der Waals surface area (Å²) in [6.45, 7) is 7.57. The van der Waals surface area contributed by atoms with Crippen molar-refractivity contribution in [1.82, 2.24) is 0 Å². The standard InChI is InChI=1S/C23H37NO3/c1-14-12-15-13-16(27-20(26)8-11-24)6-9-22(15,2)18-7-10-23(3)17(21(14)18)4-5-19(23)25/h14-18,21H,4-13,24H2,1-3H3/t14?,15?,16?,17-,18+,21-,22-,23-/m0/s1. The molecule has 0 bridgehead atoms. The van der Waals surface area contributed by atoms with Gasteiger partial charge >= 0.3 is 5.97 Å². The van der Waals surface area contributed by atoms with E-state index in [1.54, 1.807) is 0 Å². The van der Waals surface area contributed by atoms with Crippen molar-refractivity contribution in [1.29, 1.82) is 0 Å². The van der Waals surface area contributed by atoms with Crippen LogP contribution in [0.15, 0.2) is 0 Å². The lowest BCUT2D eigenvalue weighted by atomic mass is 9.43. The van der Waals surface area contributed by atoms with Crippen molar-refractivity contribution >= 4 is 11.8 Å². The van der Waals surface area contributed by atoms with Crippen LogP contribution in [0.3, 0.4) is 0 Å². The van der Waals surface area contributed by atoms with E-state index >= 15 is 0 Å². The van der Waals surface area contributed by atoms with Crippen molar-refractivity contribution in [3.05, 3.63) is 0 Å². The number of carbonyl (C=O) groups is 2. The molecule has 0 amide bonds. The summed E-state index contributed by atoms with van der Waals surface area (Å²) in [6.07, 6.45) is 8.99. The molecular formula is C23H37NO3. The predicted molar refractivity (Wildman–Crippen MR) is 105 cm³/mol. The third kappa shape index (κ3) is 2.97. The number of fused-ring (bicyclic) bond motifs is 5.